The Morgan fingerprint density at radius 1 is 1.04 bits per heavy atom. The first kappa shape index (κ1) is 22.7. The topological polar surface area (TPSA) is 138 Å². The third kappa shape index (κ3) is 11.3. The molecule has 0 saturated carbocycles. The predicted molar refractivity (Wildman–Crippen MR) is 87.1 cm³/mol. The van der Waals surface area contributed by atoms with E-state index in [1.54, 1.807) is 7.05 Å². The molecular weight excluding hydrogens is 513 g/mol. The summed E-state index contributed by atoms with van der Waals surface area (Å²) in [6.07, 6.45) is 0.283. The molecule has 0 rings (SSSR count). The summed E-state index contributed by atoms with van der Waals surface area (Å²) in [6.45, 7) is 0.00368. The first-order chi connectivity index (χ1) is 11.4. The first-order valence-corrected chi connectivity index (χ1v) is 10.1. The van der Waals surface area contributed by atoms with Crippen LogP contribution in [0.1, 0.15) is 6.42 Å². The summed E-state index contributed by atoms with van der Waals surface area (Å²) in [5.74, 6) is -1.37. The SMILES string of the molecule is CNCCC(=O)NC([CH2][Pb])C(=O)NCC(=O)NCOCC(=O)NC. The maximum absolute atomic E-state index is 12.0. The Labute approximate surface area is 156 Å². The second-order valence-electron chi connectivity index (χ2n) is 4.66. The van der Waals surface area contributed by atoms with Crippen molar-refractivity contribution >= 4 is 49.4 Å². The van der Waals surface area contributed by atoms with Gasteiger partial charge in [-0.15, -0.1) is 0 Å². The number of amides is 4. The zero-order valence-corrected chi connectivity index (χ0v) is 17.7. The van der Waals surface area contributed by atoms with Crippen LogP contribution in [0.4, 0.5) is 0 Å². The van der Waals surface area contributed by atoms with Crippen molar-refractivity contribution in [3.8, 4) is 0 Å². The first-order valence-electron chi connectivity index (χ1n) is 7.35. The second-order valence-corrected chi connectivity index (χ2v) is 6.25. The Morgan fingerprint density at radius 2 is 1.75 bits per heavy atom. The van der Waals surface area contributed by atoms with Gasteiger partial charge in [-0.3, -0.25) is 0 Å². The minimum absolute atomic E-state index is 0.132. The van der Waals surface area contributed by atoms with Crippen LogP contribution in [0.3, 0.4) is 0 Å². The fraction of sp³-hybridized carbons (Fsp3) is 0.692. The van der Waals surface area contributed by atoms with E-state index in [0.717, 1.165) is 25.8 Å². The molecule has 0 bridgehead atoms. The third-order valence-corrected chi connectivity index (χ3v) is 4.35. The molecule has 24 heavy (non-hydrogen) atoms. The fourth-order valence-electron chi connectivity index (χ4n) is 1.41. The van der Waals surface area contributed by atoms with Crippen molar-refractivity contribution in [1.82, 2.24) is 26.6 Å². The molecule has 1 atom stereocenters. The van der Waals surface area contributed by atoms with Crippen molar-refractivity contribution in [1.29, 1.82) is 0 Å². The quantitative estimate of drug-likeness (QED) is 0.100. The molecule has 135 valence electrons. The van der Waals surface area contributed by atoms with E-state index in [2.05, 4.69) is 26.6 Å². The van der Waals surface area contributed by atoms with Crippen LogP contribution in [0.2, 0.25) is 3.98 Å². The number of hydrogen-bond donors (Lipinski definition) is 5. The van der Waals surface area contributed by atoms with E-state index in [4.69, 9.17) is 4.74 Å². The third-order valence-electron chi connectivity index (χ3n) is 2.76. The van der Waals surface area contributed by atoms with Crippen LogP contribution < -0.4 is 26.6 Å². The van der Waals surface area contributed by atoms with E-state index in [9.17, 15) is 19.2 Å². The molecule has 0 aliphatic rings. The zero-order chi connectivity index (χ0) is 18.4. The van der Waals surface area contributed by atoms with Gasteiger partial charge in [-0.25, -0.2) is 0 Å². The van der Waals surface area contributed by atoms with Gasteiger partial charge in [0.05, 0.1) is 0 Å². The van der Waals surface area contributed by atoms with Crippen LogP contribution in [0, 0.1) is 0 Å². The standard InChI is InChI=1S/C13H24N5O5.Pb/c1-9(18-10(19)4-5-14-2)13(22)16-6-11(20)17-8-23-7-12(21)15-3;/h9,14H,1,4-8H2,2-3H3,(H,15,21)(H,16,22)(H,17,20)(H,18,19);. The molecule has 0 aromatic rings. The predicted octanol–water partition coefficient (Wildman–Crippen LogP) is -3.38. The van der Waals surface area contributed by atoms with Crippen molar-refractivity contribution in [2.75, 3.05) is 40.5 Å². The minimum atomic E-state index is -0.627. The number of carbonyl (C=O) groups is 4. The number of ether oxygens (including phenoxy) is 1. The molecule has 0 aromatic heterocycles. The smallest absolute Gasteiger partial charge is 0.00610 e. The van der Waals surface area contributed by atoms with Crippen molar-refractivity contribution in [2.24, 2.45) is 0 Å². The average molecular weight is 538 g/mol. The summed E-state index contributed by atoms with van der Waals surface area (Å²) in [6, 6.07) is -0.627. The molecule has 0 aliphatic carbocycles. The number of nitrogens with one attached hydrogen (secondary N) is 5. The van der Waals surface area contributed by atoms with E-state index < -0.39 is 17.9 Å². The van der Waals surface area contributed by atoms with Crippen LogP contribution in [0.5, 0.6) is 0 Å². The van der Waals surface area contributed by atoms with Gasteiger partial charge in [-0.1, -0.05) is 0 Å². The number of hydrogen-bond acceptors (Lipinski definition) is 6. The van der Waals surface area contributed by atoms with Crippen LogP contribution in [0.15, 0.2) is 0 Å². The van der Waals surface area contributed by atoms with Gasteiger partial charge in [0.15, 0.2) is 0 Å². The Balaban J connectivity index is 4.00. The van der Waals surface area contributed by atoms with Crippen molar-refractivity contribution in [2.45, 2.75) is 16.4 Å². The number of likely N-dealkylation sites (N-methyl/N-ethyl adjacent to an activating group) is 1. The molecule has 5 N–H and O–H groups in total. The van der Waals surface area contributed by atoms with E-state index in [1.165, 1.54) is 7.05 Å². The average Bonchev–Trinajstić information content (AvgIpc) is 2.58. The molecule has 0 saturated heterocycles. The molecule has 0 heterocycles. The maximum atomic E-state index is 12.0. The molecule has 4 amide bonds. The normalized spacial score (nSPS) is 11.3. The fourth-order valence-corrected chi connectivity index (χ4v) is 2.53. The van der Waals surface area contributed by atoms with E-state index in [-0.39, 0.29) is 38.1 Å². The summed E-state index contributed by atoms with van der Waals surface area (Å²) in [5, 5.41) is 12.7. The van der Waals surface area contributed by atoms with Gasteiger partial charge in [-0.2, -0.15) is 0 Å². The Kier molecular flexibility index (Phi) is 13.3. The van der Waals surface area contributed by atoms with Gasteiger partial charge in [0, 0.05) is 7.05 Å². The second kappa shape index (κ2) is 14.1. The van der Waals surface area contributed by atoms with Crippen LogP contribution in [-0.4, -0.2) is 96.0 Å². The molecule has 0 spiro atoms. The molecule has 1 unspecified atom stereocenters. The molecule has 3 radical (unpaired) electrons. The van der Waals surface area contributed by atoms with Gasteiger partial charge in [0.1, 0.15) is 0 Å². The van der Waals surface area contributed by atoms with Crippen LogP contribution >= 0.6 is 0 Å². The molecule has 0 fully saturated rings. The molecule has 0 aliphatic heterocycles. The van der Waals surface area contributed by atoms with Crippen LogP contribution in [0.25, 0.3) is 0 Å². The van der Waals surface area contributed by atoms with E-state index in [0.29, 0.717) is 10.5 Å². The number of carbonyl (C=O) groups excluding carboxylic acids is 4. The summed E-state index contributed by atoms with van der Waals surface area (Å²) in [7, 11) is 3.21. The van der Waals surface area contributed by atoms with Crippen molar-refractivity contribution < 1.29 is 23.9 Å². The summed E-state index contributed by atoms with van der Waals surface area (Å²) in [5.41, 5.74) is 0. The van der Waals surface area contributed by atoms with Crippen molar-refractivity contribution in [3.05, 3.63) is 0 Å². The Hall–Kier alpha value is -1.28. The van der Waals surface area contributed by atoms with E-state index >= 15 is 0 Å². The van der Waals surface area contributed by atoms with Gasteiger partial charge < -0.3 is 0 Å². The van der Waals surface area contributed by atoms with Crippen molar-refractivity contribution in [3.63, 3.8) is 0 Å². The molecule has 10 nitrogen and oxygen atoms in total. The van der Waals surface area contributed by atoms with Gasteiger partial charge in [0.2, 0.25) is 0 Å². The molecule has 0 aromatic carbocycles. The Bertz CT molecular complexity index is 435. The molecule has 11 heteroatoms. The Morgan fingerprint density at radius 3 is 2.33 bits per heavy atom. The monoisotopic (exact) mass is 538 g/mol. The number of rotatable bonds is 12. The summed E-state index contributed by atoms with van der Waals surface area (Å²) >= 11 is 0.735. The summed E-state index contributed by atoms with van der Waals surface area (Å²) < 4.78 is 5.46. The van der Waals surface area contributed by atoms with E-state index in [1.807, 2.05) is 0 Å². The van der Waals surface area contributed by atoms with Gasteiger partial charge in [0.25, 0.3) is 0 Å². The molecular formula is C13H24N5O5Pb. The van der Waals surface area contributed by atoms with Crippen LogP contribution in [-0.2, 0) is 23.9 Å². The van der Waals surface area contributed by atoms with Gasteiger partial charge in [-0.05, 0) is 0 Å². The summed E-state index contributed by atoms with van der Waals surface area (Å²) in [4.78, 5) is 46.0. The minimum Gasteiger partial charge on any atom is 0.00610 e. The van der Waals surface area contributed by atoms with Gasteiger partial charge >= 0.3 is 150 Å². The zero-order valence-electron chi connectivity index (χ0n) is 13.9.